The number of nitrogens with two attached hydrogens (primary N) is 1. The van der Waals surface area contributed by atoms with E-state index in [1.54, 1.807) is 10.9 Å². The summed E-state index contributed by atoms with van der Waals surface area (Å²) in [6, 6.07) is 0.130. The molecule has 1 unspecified atom stereocenters. The van der Waals surface area contributed by atoms with Crippen LogP contribution in [0.15, 0.2) is 16.9 Å². The maximum absolute atomic E-state index is 11.2. The van der Waals surface area contributed by atoms with Gasteiger partial charge >= 0.3 is 0 Å². The molecule has 15 heavy (non-hydrogen) atoms. The number of hydrogen-bond acceptors (Lipinski definition) is 3. The maximum Gasteiger partial charge on any atom is 0.236 e. The third kappa shape index (κ3) is 3.04. The van der Waals surface area contributed by atoms with Crippen LogP contribution in [0.25, 0.3) is 0 Å². The molecule has 1 fully saturated rings. The summed E-state index contributed by atoms with van der Waals surface area (Å²) in [4.78, 5) is 11.2. The minimum Gasteiger partial charge on any atom is -0.368 e. The Morgan fingerprint density at radius 1 is 1.80 bits per heavy atom. The van der Waals surface area contributed by atoms with Crippen molar-refractivity contribution in [1.29, 1.82) is 0 Å². The van der Waals surface area contributed by atoms with Gasteiger partial charge in [-0.2, -0.15) is 5.10 Å². The SMILES string of the molecule is NC(=O)C(Cn1cc(Br)cn1)NC1CC1. The fraction of sp³-hybridized carbons (Fsp3) is 0.556. The number of amides is 1. The highest BCUT2D eigenvalue weighted by Crippen LogP contribution is 2.19. The van der Waals surface area contributed by atoms with Crippen molar-refractivity contribution in [2.24, 2.45) is 5.73 Å². The van der Waals surface area contributed by atoms with Gasteiger partial charge in [-0.15, -0.1) is 0 Å². The van der Waals surface area contributed by atoms with E-state index in [2.05, 4.69) is 26.3 Å². The van der Waals surface area contributed by atoms with E-state index in [4.69, 9.17) is 5.73 Å². The number of aromatic nitrogens is 2. The molecule has 1 atom stereocenters. The summed E-state index contributed by atoms with van der Waals surface area (Å²) in [5.41, 5.74) is 5.31. The minimum atomic E-state index is -0.329. The van der Waals surface area contributed by atoms with Crippen molar-refractivity contribution in [2.45, 2.75) is 31.5 Å². The van der Waals surface area contributed by atoms with Gasteiger partial charge in [-0.1, -0.05) is 0 Å². The van der Waals surface area contributed by atoms with E-state index >= 15 is 0 Å². The molecule has 2 rings (SSSR count). The highest BCUT2D eigenvalue weighted by Gasteiger charge is 2.27. The van der Waals surface area contributed by atoms with Crippen LogP contribution in [0.5, 0.6) is 0 Å². The molecule has 0 bridgehead atoms. The number of primary amides is 1. The Labute approximate surface area is 96.1 Å². The second-order valence-electron chi connectivity index (χ2n) is 3.78. The smallest absolute Gasteiger partial charge is 0.236 e. The zero-order chi connectivity index (χ0) is 10.8. The number of carbonyl (C=O) groups excluding carboxylic acids is 1. The maximum atomic E-state index is 11.2. The molecule has 1 aliphatic rings. The predicted molar refractivity (Wildman–Crippen MR) is 59.1 cm³/mol. The summed E-state index contributed by atoms with van der Waals surface area (Å²) in [6.45, 7) is 0.484. The predicted octanol–water partition coefficient (Wildman–Crippen LogP) is 0.251. The van der Waals surface area contributed by atoms with Gasteiger partial charge in [-0.3, -0.25) is 9.48 Å². The second-order valence-corrected chi connectivity index (χ2v) is 4.69. The molecule has 0 radical (unpaired) electrons. The van der Waals surface area contributed by atoms with Crippen molar-refractivity contribution in [1.82, 2.24) is 15.1 Å². The van der Waals surface area contributed by atoms with Gasteiger partial charge in [0.25, 0.3) is 0 Å². The van der Waals surface area contributed by atoms with Crippen LogP contribution in [0.4, 0.5) is 0 Å². The summed E-state index contributed by atoms with van der Waals surface area (Å²) in [5.74, 6) is -0.325. The van der Waals surface area contributed by atoms with Crippen molar-refractivity contribution >= 4 is 21.8 Å². The molecule has 1 amide bonds. The molecule has 1 saturated carbocycles. The molecule has 6 heteroatoms. The Morgan fingerprint density at radius 3 is 3.00 bits per heavy atom. The van der Waals surface area contributed by atoms with E-state index in [1.165, 1.54) is 0 Å². The highest BCUT2D eigenvalue weighted by molar-refractivity contribution is 9.10. The number of hydrogen-bond donors (Lipinski definition) is 2. The van der Waals surface area contributed by atoms with Crippen LogP contribution in [0.1, 0.15) is 12.8 Å². The number of nitrogens with one attached hydrogen (secondary N) is 1. The van der Waals surface area contributed by atoms with Crippen LogP contribution < -0.4 is 11.1 Å². The first-order valence-corrected chi connectivity index (χ1v) is 5.68. The molecule has 1 aromatic heterocycles. The lowest BCUT2D eigenvalue weighted by Crippen LogP contribution is -2.45. The molecule has 1 aromatic rings. The molecule has 0 aliphatic heterocycles. The normalized spacial score (nSPS) is 17.7. The lowest BCUT2D eigenvalue weighted by Gasteiger charge is -2.14. The number of nitrogens with zero attached hydrogens (tertiary/aromatic N) is 2. The van der Waals surface area contributed by atoms with Gasteiger partial charge in [0.2, 0.25) is 5.91 Å². The summed E-state index contributed by atoms with van der Waals surface area (Å²) in [7, 11) is 0. The monoisotopic (exact) mass is 272 g/mol. The molecule has 0 aromatic carbocycles. The van der Waals surface area contributed by atoms with Crippen LogP contribution in [0.2, 0.25) is 0 Å². The molecule has 82 valence electrons. The summed E-state index contributed by atoms with van der Waals surface area (Å²) in [6.07, 6.45) is 5.78. The molecule has 0 saturated heterocycles. The van der Waals surface area contributed by atoms with Gasteiger partial charge in [0.1, 0.15) is 6.04 Å². The van der Waals surface area contributed by atoms with Gasteiger partial charge in [0.15, 0.2) is 0 Å². The first kappa shape index (κ1) is 10.6. The largest absolute Gasteiger partial charge is 0.368 e. The van der Waals surface area contributed by atoms with E-state index in [0.717, 1.165) is 17.3 Å². The third-order valence-electron chi connectivity index (χ3n) is 2.33. The molecule has 0 spiro atoms. The Hall–Kier alpha value is -0.880. The van der Waals surface area contributed by atoms with Crippen molar-refractivity contribution in [3.05, 3.63) is 16.9 Å². The molecular formula is C9H13BrN4O. The molecule has 1 heterocycles. The van der Waals surface area contributed by atoms with E-state index in [9.17, 15) is 4.79 Å². The molecule has 3 N–H and O–H groups in total. The second kappa shape index (κ2) is 4.32. The lowest BCUT2D eigenvalue weighted by atomic mass is 10.2. The molecule has 5 nitrogen and oxygen atoms in total. The quantitative estimate of drug-likeness (QED) is 0.807. The topological polar surface area (TPSA) is 72.9 Å². The van der Waals surface area contributed by atoms with E-state index in [-0.39, 0.29) is 11.9 Å². The van der Waals surface area contributed by atoms with Gasteiger partial charge in [0.05, 0.1) is 17.2 Å². The van der Waals surface area contributed by atoms with E-state index in [0.29, 0.717) is 12.6 Å². The van der Waals surface area contributed by atoms with Crippen molar-refractivity contribution in [3.8, 4) is 0 Å². The Balaban J connectivity index is 1.95. The van der Waals surface area contributed by atoms with Crippen LogP contribution in [0.3, 0.4) is 0 Å². The standard InChI is InChI=1S/C9H13BrN4O/c10-6-3-12-14(4-6)5-8(9(11)15)13-7-1-2-7/h3-4,7-8,13H,1-2,5H2,(H2,11,15). The number of rotatable bonds is 5. The van der Waals surface area contributed by atoms with Crippen molar-refractivity contribution < 1.29 is 4.79 Å². The Kier molecular flexibility index (Phi) is 3.06. The Morgan fingerprint density at radius 2 is 2.53 bits per heavy atom. The van der Waals surface area contributed by atoms with Crippen molar-refractivity contribution in [2.75, 3.05) is 0 Å². The average Bonchev–Trinajstić information content (AvgIpc) is 2.89. The van der Waals surface area contributed by atoms with Crippen molar-refractivity contribution in [3.63, 3.8) is 0 Å². The van der Waals surface area contributed by atoms with Gasteiger partial charge in [0, 0.05) is 12.2 Å². The number of halogens is 1. The van der Waals surface area contributed by atoms with Crippen LogP contribution in [-0.4, -0.2) is 27.8 Å². The first-order chi connectivity index (χ1) is 7.15. The number of carbonyl (C=O) groups is 1. The van der Waals surface area contributed by atoms with Crippen LogP contribution >= 0.6 is 15.9 Å². The van der Waals surface area contributed by atoms with Crippen LogP contribution in [0, 0.1) is 0 Å². The zero-order valence-corrected chi connectivity index (χ0v) is 9.77. The fourth-order valence-electron chi connectivity index (χ4n) is 1.38. The summed E-state index contributed by atoms with van der Waals surface area (Å²) in [5, 5.41) is 7.29. The fourth-order valence-corrected chi connectivity index (χ4v) is 1.71. The van der Waals surface area contributed by atoms with E-state index < -0.39 is 0 Å². The molecule has 1 aliphatic carbocycles. The minimum absolute atomic E-state index is 0.325. The summed E-state index contributed by atoms with van der Waals surface area (Å²) < 4.78 is 2.60. The third-order valence-corrected chi connectivity index (χ3v) is 2.74. The average molecular weight is 273 g/mol. The van der Waals surface area contributed by atoms with Gasteiger partial charge in [-0.05, 0) is 28.8 Å². The Bertz CT molecular complexity index is 361. The molecular weight excluding hydrogens is 260 g/mol. The van der Waals surface area contributed by atoms with Gasteiger partial charge in [-0.25, -0.2) is 0 Å². The highest BCUT2D eigenvalue weighted by atomic mass is 79.9. The summed E-state index contributed by atoms with van der Waals surface area (Å²) >= 11 is 3.30. The van der Waals surface area contributed by atoms with Gasteiger partial charge < -0.3 is 11.1 Å². The lowest BCUT2D eigenvalue weighted by molar-refractivity contribution is -0.120. The van der Waals surface area contributed by atoms with E-state index in [1.807, 2.05) is 6.20 Å². The van der Waals surface area contributed by atoms with Crippen LogP contribution in [-0.2, 0) is 11.3 Å². The first-order valence-electron chi connectivity index (χ1n) is 4.88. The zero-order valence-electron chi connectivity index (χ0n) is 8.19.